The van der Waals surface area contributed by atoms with Gasteiger partial charge in [-0.25, -0.2) is 10.8 Å². The summed E-state index contributed by atoms with van der Waals surface area (Å²) in [6.45, 7) is 1.79. The number of nitrogens with one attached hydrogen (secondary N) is 1. The average molecular weight is 253 g/mol. The highest BCUT2D eigenvalue weighted by Crippen LogP contribution is 2.23. The Balaban J connectivity index is 2.05. The highest BCUT2D eigenvalue weighted by Gasteiger charge is 2.15. The number of hydrogen-bond donors (Lipinski definition) is 2. The lowest BCUT2D eigenvalue weighted by atomic mass is 10.2. The summed E-state index contributed by atoms with van der Waals surface area (Å²) < 4.78 is 10.5. The third-order valence-corrected chi connectivity index (χ3v) is 2.93. The zero-order valence-electron chi connectivity index (χ0n) is 9.10. The number of nitrogens with zero attached hydrogens (tertiary/aromatic N) is 1. The number of aryl methyl sites for hydroxylation is 1. The first-order chi connectivity index (χ1) is 8.20. The average Bonchev–Trinajstić information content (AvgIpc) is 2.94. The smallest absolute Gasteiger partial charge is 0.301 e. The minimum absolute atomic E-state index is 0.232. The summed E-state index contributed by atoms with van der Waals surface area (Å²) in [5.41, 5.74) is 2.78. The lowest BCUT2D eigenvalue weighted by Gasteiger charge is -1.95. The molecule has 0 saturated heterocycles. The number of rotatable bonds is 4. The Labute approximate surface area is 102 Å². The van der Waals surface area contributed by atoms with Gasteiger partial charge in [0, 0.05) is 5.56 Å². The van der Waals surface area contributed by atoms with E-state index in [0.717, 1.165) is 5.56 Å². The molecule has 0 aliphatic heterocycles. The van der Waals surface area contributed by atoms with E-state index in [9.17, 15) is 4.79 Å². The highest BCUT2D eigenvalue weighted by atomic mass is 32.2. The number of nitrogens with two attached hydrogens (primary N) is 1. The van der Waals surface area contributed by atoms with Gasteiger partial charge in [0.05, 0.1) is 11.9 Å². The molecule has 0 radical (unpaired) electrons. The van der Waals surface area contributed by atoms with Gasteiger partial charge in [-0.05, 0) is 13.0 Å². The number of thioether (sulfide) groups is 1. The fourth-order valence-corrected chi connectivity index (χ4v) is 1.99. The van der Waals surface area contributed by atoms with Crippen LogP contribution in [0, 0.1) is 6.92 Å². The van der Waals surface area contributed by atoms with E-state index in [-0.39, 0.29) is 5.76 Å². The lowest BCUT2D eigenvalue weighted by molar-refractivity contribution is 0.0923. The maximum absolute atomic E-state index is 11.3. The van der Waals surface area contributed by atoms with Gasteiger partial charge in [0.25, 0.3) is 5.22 Å². The van der Waals surface area contributed by atoms with Crippen LogP contribution in [0.3, 0.4) is 0 Å². The second-order valence-electron chi connectivity index (χ2n) is 3.28. The van der Waals surface area contributed by atoms with Crippen molar-refractivity contribution in [3.05, 3.63) is 35.6 Å². The van der Waals surface area contributed by atoms with Crippen LogP contribution in [-0.4, -0.2) is 10.9 Å². The maximum atomic E-state index is 11.3. The minimum Gasteiger partial charge on any atom is -0.455 e. The van der Waals surface area contributed by atoms with Gasteiger partial charge >= 0.3 is 5.91 Å². The van der Waals surface area contributed by atoms with Crippen LogP contribution in [0.2, 0.25) is 0 Å². The number of furan rings is 1. The highest BCUT2D eigenvalue weighted by molar-refractivity contribution is 7.98. The number of nitrogen functional groups attached to an aromatic ring is 1. The molecule has 2 aromatic rings. The van der Waals surface area contributed by atoms with Crippen LogP contribution in [0.15, 0.2) is 32.6 Å². The molecule has 1 amide bonds. The summed E-state index contributed by atoms with van der Waals surface area (Å²) in [4.78, 5) is 15.3. The number of hydrogen-bond acceptors (Lipinski definition) is 6. The van der Waals surface area contributed by atoms with Gasteiger partial charge in [0.15, 0.2) is 5.76 Å². The van der Waals surface area contributed by atoms with E-state index in [2.05, 4.69) is 4.98 Å². The maximum Gasteiger partial charge on any atom is 0.301 e. The molecule has 7 heteroatoms. The second kappa shape index (κ2) is 5.07. The van der Waals surface area contributed by atoms with E-state index < -0.39 is 5.91 Å². The Kier molecular flexibility index (Phi) is 3.50. The summed E-state index contributed by atoms with van der Waals surface area (Å²) >= 11 is 1.39. The number of oxazole rings is 1. The molecular weight excluding hydrogens is 242 g/mol. The molecule has 0 aromatic carbocycles. The molecule has 90 valence electrons. The molecule has 0 atom stereocenters. The molecule has 0 unspecified atom stereocenters. The Morgan fingerprint density at radius 1 is 1.65 bits per heavy atom. The monoisotopic (exact) mass is 253 g/mol. The molecule has 0 saturated carbocycles. The molecule has 2 heterocycles. The molecule has 2 rings (SSSR count). The van der Waals surface area contributed by atoms with Crippen molar-refractivity contribution in [2.24, 2.45) is 5.84 Å². The fourth-order valence-electron chi connectivity index (χ4n) is 1.32. The first-order valence-corrected chi connectivity index (χ1v) is 5.82. The first-order valence-electron chi connectivity index (χ1n) is 4.83. The van der Waals surface area contributed by atoms with Crippen LogP contribution in [0.5, 0.6) is 0 Å². The Morgan fingerprint density at radius 3 is 3.12 bits per heavy atom. The summed E-state index contributed by atoms with van der Waals surface area (Å²) in [5.74, 6) is 6.05. The summed E-state index contributed by atoms with van der Waals surface area (Å²) in [6.07, 6.45) is 3.08. The zero-order valence-corrected chi connectivity index (χ0v) is 9.91. The molecule has 0 aliphatic rings. The van der Waals surface area contributed by atoms with Gasteiger partial charge in [-0.2, -0.15) is 0 Å². The van der Waals surface area contributed by atoms with Crippen molar-refractivity contribution in [3.8, 4) is 0 Å². The zero-order chi connectivity index (χ0) is 12.3. The van der Waals surface area contributed by atoms with E-state index >= 15 is 0 Å². The lowest BCUT2D eigenvalue weighted by Crippen LogP contribution is -2.30. The minimum atomic E-state index is -0.435. The molecule has 0 fully saturated rings. The molecule has 0 spiro atoms. The van der Waals surface area contributed by atoms with Crippen molar-refractivity contribution in [1.29, 1.82) is 0 Å². The van der Waals surface area contributed by atoms with E-state index in [1.54, 1.807) is 19.2 Å². The van der Waals surface area contributed by atoms with Gasteiger partial charge in [-0.15, -0.1) is 0 Å². The molecule has 0 aliphatic carbocycles. The van der Waals surface area contributed by atoms with Crippen LogP contribution in [-0.2, 0) is 5.75 Å². The molecule has 17 heavy (non-hydrogen) atoms. The van der Waals surface area contributed by atoms with Gasteiger partial charge in [-0.1, -0.05) is 11.8 Å². The molecule has 0 bridgehead atoms. The van der Waals surface area contributed by atoms with Crippen LogP contribution < -0.4 is 11.3 Å². The first kappa shape index (κ1) is 11.7. The van der Waals surface area contributed by atoms with Crippen molar-refractivity contribution in [3.63, 3.8) is 0 Å². The topological polar surface area (TPSA) is 94.3 Å². The third-order valence-electron chi connectivity index (χ3n) is 2.05. The predicted molar refractivity (Wildman–Crippen MR) is 61.2 cm³/mol. The summed E-state index contributed by atoms with van der Waals surface area (Å²) in [6, 6.07) is 1.79. The number of carbonyl (C=O) groups excluding carboxylic acids is 1. The standard InChI is InChI=1S/C10H11N3O3S/c1-6-4-7(16-8(6)9(14)13-11)5-17-10-12-2-3-15-10/h2-4H,5,11H2,1H3,(H,13,14). The van der Waals surface area contributed by atoms with Crippen LogP contribution >= 0.6 is 11.8 Å². The van der Waals surface area contributed by atoms with Crippen molar-refractivity contribution in [2.45, 2.75) is 17.9 Å². The van der Waals surface area contributed by atoms with E-state index in [0.29, 0.717) is 16.7 Å². The van der Waals surface area contributed by atoms with Crippen molar-refractivity contribution >= 4 is 17.7 Å². The summed E-state index contributed by atoms with van der Waals surface area (Å²) in [5, 5.41) is 0.559. The number of carbonyl (C=O) groups is 1. The normalized spacial score (nSPS) is 10.5. The van der Waals surface area contributed by atoms with E-state index in [4.69, 9.17) is 14.7 Å². The number of aromatic nitrogens is 1. The molecular formula is C10H11N3O3S. The van der Waals surface area contributed by atoms with Gasteiger partial charge < -0.3 is 8.83 Å². The van der Waals surface area contributed by atoms with Crippen LogP contribution in [0.1, 0.15) is 21.9 Å². The Morgan fingerprint density at radius 2 is 2.47 bits per heavy atom. The van der Waals surface area contributed by atoms with E-state index in [1.165, 1.54) is 18.0 Å². The fraction of sp³-hybridized carbons (Fsp3) is 0.200. The summed E-state index contributed by atoms with van der Waals surface area (Å²) in [7, 11) is 0. The second-order valence-corrected chi connectivity index (χ2v) is 4.21. The van der Waals surface area contributed by atoms with Crippen molar-refractivity contribution < 1.29 is 13.6 Å². The molecule has 2 aromatic heterocycles. The van der Waals surface area contributed by atoms with Gasteiger partial charge in [0.1, 0.15) is 12.0 Å². The predicted octanol–water partition coefficient (Wildman–Crippen LogP) is 1.47. The van der Waals surface area contributed by atoms with Crippen molar-refractivity contribution in [1.82, 2.24) is 10.4 Å². The van der Waals surface area contributed by atoms with E-state index in [1.807, 2.05) is 5.43 Å². The van der Waals surface area contributed by atoms with Crippen molar-refractivity contribution in [2.75, 3.05) is 0 Å². The van der Waals surface area contributed by atoms with Gasteiger partial charge in [-0.3, -0.25) is 10.2 Å². The Hall–Kier alpha value is -1.73. The molecule has 6 nitrogen and oxygen atoms in total. The number of hydrazine groups is 1. The SMILES string of the molecule is Cc1cc(CSc2ncco2)oc1C(=O)NN. The van der Waals surface area contributed by atoms with Crippen LogP contribution in [0.4, 0.5) is 0 Å². The largest absolute Gasteiger partial charge is 0.455 e. The molecule has 3 N–H and O–H groups in total. The third kappa shape index (κ3) is 2.69. The van der Waals surface area contributed by atoms with Crippen LogP contribution in [0.25, 0.3) is 0 Å². The quantitative estimate of drug-likeness (QED) is 0.371. The van der Waals surface area contributed by atoms with Gasteiger partial charge in [0.2, 0.25) is 0 Å². The Bertz CT molecular complexity index is 507. The number of amides is 1.